The highest BCUT2D eigenvalue weighted by atomic mass is 32.1. The van der Waals surface area contributed by atoms with Gasteiger partial charge >= 0.3 is 0 Å². The Labute approximate surface area is 135 Å². The van der Waals surface area contributed by atoms with Crippen LogP contribution < -0.4 is 0 Å². The van der Waals surface area contributed by atoms with Gasteiger partial charge in [0, 0.05) is 37.5 Å². The monoisotopic (exact) mass is 324 g/mol. The van der Waals surface area contributed by atoms with Crippen molar-refractivity contribution in [2.45, 2.75) is 24.9 Å². The highest BCUT2D eigenvalue weighted by molar-refractivity contribution is 7.09. The van der Waals surface area contributed by atoms with Crippen LogP contribution in [0.2, 0.25) is 0 Å². The quantitative estimate of drug-likeness (QED) is 0.877. The average molecular weight is 324 g/mol. The lowest BCUT2D eigenvalue weighted by molar-refractivity contribution is -0.131. The number of carbonyl (C=O) groups is 1. The van der Waals surface area contributed by atoms with Gasteiger partial charge in [-0.15, -0.1) is 11.3 Å². The van der Waals surface area contributed by atoms with Gasteiger partial charge in [-0.25, -0.2) is 0 Å². The molecule has 0 aromatic carbocycles. The van der Waals surface area contributed by atoms with Gasteiger partial charge in [0.1, 0.15) is 0 Å². The van der Waals surface area contributed by atoms with Crippen LogP contribution in [-0.4, -0.2) is 72.4 Å². The molecule has 0 bridgehead atoms. The summed E-state index contributed by atoms with van der Waals surface area (Å²) in [5.74, 6) is 0.159. The molecule has 5 nitrogen and oxygen atoms in total. The van der Waals surface area contributed by atoms with Gasteiger partial charge in [-0.05, 0) is 24.3 Å². The van der Waals surface area contributed by atoms with Crippen LogP contribution in [-0.2, 0) is 16.0 Å². The summed E-state index contributed by atoms with van der Waals surface area (Å²) in [6.45, 7) is 4.99. The van der Waals surface area contributed by atoms with Gasteiger partial charge in [-0.2, -0.15) is 0 Å². The summed E-state index contributed by atoms with van der Waals surface area (Å²) in [5.41, 5.74) is -0.754. The molecule has 0 unspecified atom stereocenters. The van der Waals surface area contributed by atoms with Crippen molar-refractivity contribution in [3.8, 4) is 0 Å². The first-order chi connectivity index (χ1) is 10.6. The minimum Gasteiger partial charge on any atom is -0.387 e. The zero-order valence-electron chi connectivity index (χ0n) is 12.9. The molecule has 1 atom stereocenters. The second-order valence-electron chi connectivity index (χ2n) is 6.26. The number of likely N-dealkylation sites (tertiary alicyclic amines) is 1. The molecule has 0 saturated carbocycles. The van der Waals surface area contributed by atoms with Crippen LogP contribution in [0.25, 0.3) is 0 Å². The summed E-state index contributed by atoms with van der Waals surface area (Å²) in [7, 11) is 0. The zero-order valence-corrected chi connectivity index (χ0v) is 13.7. The molecule has 1 amide bonds. The fraction of sp³-hybridized carbons (Fsp3) is 0.688. The van der Waals surface area contributed by atoms with Crippen LogP contribution in [0.3, 0.4) is 0 Å². The molecule has 22 heavy (non-hydrogen) atoms. The number of carbonyl (C=O) groups excluding carboxylic acids is 1. The lowest BCUT2D eigenvalue weighted by Gasteiger charge is -2.33. The van der Waals surface area contributed by atoms with Crippen molar-refractivity contribution in [2.75, 3.05) is 45.9 Å². The Morgan fingerprint density at radius 1 is 1.36 bits per heavy atom. The van der Waals surface area contributed by atoms with Crippen molar-refractivity contribution >= 4 is 17.2 Å². The van der Waals surface area contributed by atoms with Crippen LogP contribution in [0, 0.1) is 0 Å². The van der Waals surface area contributed by atoms with Gasteiger partial charge in [0.2, 0.25) is 5.91 Å². The Morgan fingerprint density at radius 3 is 2.91 bits per heavy atom. The van der Waals surface area contributed by atoms with E-state index in [9.17, 15) is 9.90 Å². The molecule has 2 aliphatic rings. The minimum atomic E-state index is -0.754. The van der Waals surface area contributed by atoms with Gasteiger partial charge in [0.05, 0.1) is 25.4 Å². The Kier molecular flexibility index (Phi) is 5.13. The summed E-state index contributed by atoms with van der Waals surface area (Å²) >= 11 is 1.69. The Bertz CT molecular complexity index is 488. The normalized spacial score (nSPS) is 26.5. The number of hydrogen-bond donors (Lipinski definition) is 1. The van der Waals surface area contributed by atoms with Crippen molar-refractivity contribution < 1.29 is 14.6 Å². The van der Waals surface area contributed by atoms with Crippen LogP contribution in [0.1, 0.15) is 17.7 Å². The maximum absolute atomic E-state index is 12.3. The third-order valence-electron chi connectivity index (χ3n) is 4.47. The molecule has 2 aliphatic heterocycles. The van der Waals surface area contributed by atoms with Crippen molar-refractivity contribution in [1.29, 1.82) is 0 Å². The molecule has 2 saturated heterocycles. The molecule has 0 radical (unpaired) electrons. The Balaban J connectivity index is 1.46. The maximum atomic E-state index is 12.3. The predicted molar refractivity (Wildman–Crippen MR) is 86.0 cm³/mol. The van der Waals surface area contributed by atoms with Gasteiger partial charge in [-0.1, -0.05) is 6.07 Å². The molecule has 2 fully saturated rings. The highest BCUT2D eigenvalue weighted by Crippen LogP contribution is 2.24. The largest absolute Gasteiger partial charge is 0.387 e. The molecule has 1 aromatic heterocycles. The number of aliphatic hydroxyl groups is 1. The van der Waals surface area contributed by atoms with E-state index in [0.717, 1.165) is 32.7 Å². The molecule has 0 aliphatic carbocycles. The van der Waals surface area contributed by atoms with E-state index < -0.39 is 5.60 Å². The molecular weight excluding hydrogens is 300 g/mol. The SMILES string of the molecule is O=C(CCc1cccs1)N1CC[C@@](O)(CN2CCOCC2)C1. The van der Waals surface area contributed by atoms with Crippen LogP contribution in [0.15, 0.2) is 17.5 Å². The number of rotatable bonds is 5. The number of amides is 1. The molecule has 0 spiro atoms. The predicted octanol–water partition coefficient (Wildman–Crippen LogP) is 0.976. The number of thiophene rings is 1. The van der Waals surface area contributed by atoms with Crippen molar-refractivity contribution in [1.82, 2.24) is 9.80 Å². The fourth-order valence-electron chi connectivity index (χ4n) is 3.22. The van der Waals surface area contributed by atoms with Crippen LogP contribution in [0.4, 0.5) is 0 Å². The second kappa shape index (κ2) is 7.08. The molecule has 1 aromatic rings. The van der Waals surface area contributed by atoms with E-state index in [0.29, 0.717) is 32.5 Å². The standard InChI is InChI=1S/C16H24N2O3S/c19-15(4-3-14-2-1-11-22-14)18-6-5-16(20,13-18)12-17-7-9-21-10-8-17/h1-2,11,20H,3-10,12-13H2/t16-/m1/s1. The summed E-state index contributed by atoms with van der Waals surface area (Å²) < 4.78 is 5.34. The summed E-state index contributed by atoms with van der Waals surface area (Å²) in [5, 5.41) is 12.8. The number of hydrogen-bond acceptors (Lipinski definition) is 5. The average Bonchev–Trinajstić information content (AvgIpc) is 3.16. The van der Waals surface area contributed by atoms with Gasteiger partial charge in [0.15, 0.2) is 0 Å². The van der Waals surface area contributed by atoms with Crippen LogP contribution >= 0.6 is 11.3 Å². The topological polar surface area (TPSA) is 53.0 Å². The smallest absolute Gasteiger partial charge is 0.223 e. The van der Waals surface area contributed by atoms with E-state index in [4.69, 9.17) is 4.74 Å². The lowest BCUT2D eigenvalue weighted by atomic mass is 10.0. The molecular formula is C16H24N2O3S. The van der Waals surface area contributed by atoms with Gasteiger partial charge in [0.25, 0.3) is 0 Å². The minimum absolute atomic E-state index is 0.159. The molecule has 3 heterocycles. The van der Waals surface area contributed by atoms with Gasteiger partial charge < -0.3 is 14.7 Å². The summed E-state index contributed by atoms with van der Waals surface area (Å²) in [4.78, 5) is 17.6. The number of ether oxygens (including phenoxy) is 1. The van der Waals surface area contributed by atoms with E-state index in [1.54, 1.807) is 11.3 Å². The summed E-state index contributed by atoms with van der Waals surface area (Å²) in [6.07, 6.45) is 2.01. The van der Waals surface area contributed by atoms with E-state index >= 15 is 0 Å². The number of nitrogens with zero attached hydrogens (tertiary/aromatic N) is 2. The first kappa shape index (κ1) is 15.9. The van der Waals surface area contributed by atoms with E-state index in [1.165, 1.54) is 4.88 Å². The maximum Gasteiger partial charge on any atom is 0.223 e. The highest BCUT2D eigenvalue weighted by Gasteiger charge is 2.39. The third kappa shape index (κ3) is 4.07. The second-order valence-corrected chi connectivity index (χ2v) is 7.29. The van der Waals surface area contributed by atoms with Crippen molar-refractivity contribution in [3.63, 3.8) is 0 Å². The molecule has 6 heteroatoms. The number of aryl methyl sites for hydroxylation is 1. The fourth-order valence-corrected chi connectivity index (χ4v) is 3.93. The molecule has 3 rings (SSSR count). The lowest BCUT2D eigenvalue weighted by Crippen LogP contribution is -2.49. The third-order valence-corrected chi connectivity index (χ3v) is 5.41. The van der Waals surface area contributed by atoms with E-state index in [1.807, 2.05) is 16.3 Å². The first-order valence-corrected chi connectivity index (χ1v) is 8.85. The molecule has 1 N–H and O–H groups in total. The van der Waals surface area contributed by atoms with E-state index in [2.05, 4.69) is 11.0 Å². The van der Waals surface area contributed by atoms with Crippen molar-refractivity contribution in [2.24, 2.45) is 0 Å². The van der Waals surface area contributed by atoms with Crippen LogP contribution in [0.5, 0.6) is 0 Å². The van der Waals surface area contributed by atoms with Crippen molar-refractivity contribution in [3.05, 3.63) is 22.4 Å². The number of morpholine rings is 1. The Morgan fingerprint density at radius 2 is 2.18 bits per heavy atom. The van der Waals surface area contributed by atoms with E-state index in [-0.39, 0.29) is 5.91 Å². The zero-order chi connectivity index (χ0) is 15.4. The Hall–Kier alpha value is -0.950. The summed E-state index contributed by atoms with van der Waals surface area (Å²) in [6, 6.07) is 4.08. The number of β-amino-alcohol motifs (C(OH)–C–C–N with tert-alkyl or cyclic N) is 1. The van der Waals surface area contributed by atoms with Gasteiger partial charge in [-0.3, -0.25) is 9.69 Å². The first-order valence-electron chi connectivity index (χ1n) is 7.97. The molecule has 122 valence electrons.